The zero-order chi connectivity index (χ0) is 18.7. The third-order valence-corrected chi connectivity index (χ3v) is 5.06. The molecule has 6 nitrogen and oxygen atoms in total. The molecule has 1 aromatic heterocycles. The van der Waals surface area contributed by atoms with Crippen LogP contribution in [0, 0.1) is 5.41 Å². The van der Waals surface area contributed by atoms with Crippen LogP contribution in [0.15, 0.2) is 23.3 Å². The van der Waals surface area contributed by atoms with Gasteiger partial charge in [0.1, 0.15) is 11.6 Å². The van der Waals surface area contributed by atoms with Crippen LogP contribution in [0.4, 0.5) is 0 Å². The topological polar surface area (TPSA) is 67.8 Å². The fourth-order valence-electron chi connectivity index (χ4n) is 3.31. The zero-order valence-electron chi connectivity index (χ0n) is 15.9. The van der Waals surface area contributed by atoms with E-state index in [1.54, 1.807) is 25.4 Å². The molecule has 2 N–H and O–H groups in total. The summed E-state index contributed by atoms with van der Waals surface area (Å²) >= 11 is 6.04. The van der Waals surface area contributed by atoms with Gasteiger partial charge in [-0.05, 0) is 43.7 Å². The van der Waals surface area contributed by atoms with E-state index in [0.717, 1.165) is 32.1 Å². The lowest BCUT2D eigenvalue weighted by atomic mass is 9.83. The first-order chi connectivity index (χ1) is 12.7. The summed E-state index contributed by atoms with van der Waals surface area (Å²) in [5, 5.41) is 7.14. The van der Waals surface area contributed by atoms with E-state index >= 15 is 0 Å². The van der Waals surface area contributed by atoms with Gasteiger partial charge in [0, 0.05) is 33.0 Å². The summed E-state index contributed by atoms with van der Waals surface area (Å²) in [4.78, 5) is 8.94. The van der Waals surface area contributed by atoms with Gasteiger partial charge in [0.15, 0.2) is 5.96 Å². The monoisotopic (exact) mass is 382 g/mol. The predicted molar refractivity (Wildman–Crippen MR) is 106 cm³/mol. The molecule has 1 saturated carbocycles. The number of aliphatic imine (C=N–C) groups is 1. The molecule has 26 heavy (non-hydrogen) atoms. The van der Waals surface area contributed by atoms with E-state index in [4.69, 9.17) is 26.1 Å². The van der Waals surface area contributed by atoms with E-state index < -0.39 is 0 Å². The van der Waals surface area contributed by atoms with Gasteiger partial charge in [-0.1, -0.05) is 24.4 Å². The maximum absolute atomic E-state index is 6.04. The summed E-state index contributed by atoms with van der Waals surface area (Å²) in [6, 6.07) is 3.55. The molecule has 0 radical (unpaired) electrons. The standard InChI is InChI=1S/C19H31ClN4O2/c1-3-21-18(23-12-14-26-17-16(20)7-6-11-22-17)24-15-19(10-13-25-2)8-4-5-9-19/h6-7,11H,3-5,8-10,12-15H2,1-2H3,(H2,21,23,24). The van der Waals surface area contributed by atoms with E-state index in [-0.39, 0.29) is 5.41 Å². The number of hydrogen-bond donors (Lipinski definition) is 2. The lowest BCUT2D eigenvalue weighted by molar-refractivity contribution is 0.141. The number of methoxy groups -OCH3 is 1. The number of halogens is 1. The van der Waals surface area contributed by atoms with Crippen molar-refractivity contribution in [2.45, 2.75) is 39.0 Å². The third-order valence-electron chi connectivity index (χ3n) is 4.78. The van der Waals surface area contributed by atoms with Crippen LogP contribution < -0.4 is 15.4 Å². The van der Waals surface area contributed by atoms with Crippen molar-refractivity contribution in [1.29, 1.82) is 0 Å². The smallest absolute Gasteiger partial charge is 0.232 e. The molecule has 0 aromatic carbocycles. The van der Waals surface area contributed by atoms with Crippen LogP contribution in [0.2, 0.25) is 5.02 Å². The van der Waals surface area contributed by atoms with Gasteiger partial charge in [0.25, 0.3) is 0 Å². The molecule has 146 valence electrons. The van der Waals surface area contributed by atoms with Crippen molar-refractivity contribution in [2.75, 3.05) is 40.0 Å². The molecular formula is C19H31ClN4O2. The van der Waals surface area contributed by atoms with Crippen LogP contribution in [-0.4, -0.2) is 50.9 Å². The predicted octanol–water partition coefficient (Wildman–Crippen LogP) is 3.27. The quantitative estimate of drug-likeness (QED) is 0.369. The number of guanidine groups is 1. The first kappa shape index (κ1) is 20.8. The Morgan fingerprint density at radius 3 is 2.81 bits per heavy atom. The molecule has 1 fully saturated rings. The Kier molecular flexibility index (Phi) is 8.98. The molecule has 0 spiro atoms. The van der Waals surface area contributed by atoms with Crippen molar-refractivity contribution in [3.63, 3.8) is 0 Å². The number of hydrogen-bond acceptors (Lipinski definition) is 4. The molecule has 1 aromatic rings. The van der Waals surface area contributed by atoms with Crippen molar-refractivity contribution < 1.29 is 9.47 Å². The maximum Gasteiger partial charge on any atom is 0.232 e. The fraction of sp³-hybridized carbons (Fsp3) is 0.684. The third kappa shape index (κ3) is 6.65. The molecular weight excluding hydrogens is 352 g/mol. The molecule has 2 rings (SSSR count). The minimum Gasteiger partial charge on any atom is -0.475 e. The van der Waals surface area contributed by atoms with E-state index in [2.05, 4.69) is 22.5 Å². The maximum atomic E-state index is 6.04. The Bertz CT molecular complexity index is 562. The zero-order valence-corrected chi connectivity index (χ0v) is 16.6. The Labute approximate surface area is 161 Å². The Balaban J connectivity index is 1.82. The second kappa shape index (κ2) is 11.2. The molecule has 1 aliphatic carbocycles. The molecule has 0 atom stereocenters. The number of pyridine rings is 1. The average molecular weight is 383 g/mol. The second-order valence-electron chi connectivity index (χ2n) is 6.71. The van der Waals surface area contributed by atoms with Crippen molar-refractivity contribution >= 4 is 17.6 Å². The van der Waals surface area contributed by atoms with Gasteiger partial charge < -0.3 is 20.1 Å². The summed E-state index contributed by atoms with van der Waals surface area (Å²) in [6.07, 6.45) is 7.81. The highest BCUT2D eigenvalue weighted by Gasteiger charge is 2.33. The van der Waals surface area contributed by atoms with Crippen molar-refractivity contribution in [3.8, 4) is 5.88 Å². The summed E-state index contributed by atoms with van der Waals surface area (Å²) in [6.45, 7) is 5.62. The van der Waals surface area contributed by atoms with E-state index in [9.17, 15) is 0 Å². The van der Waals surface area contributed by atoms with Crippen LogP contribution in [-0.2, 0) is 4.74 Å². The van der Waals surface area contributed by atoms with Crippen LogP contribution in [0.1, 0.15) is 39.0 Å². The number of ether oxygens (including phenoxy) is 2. The Morgan fingerprint density at radius 2 is 2.12 bits per heavy atom. The minimum absolute atomic E-state index is 0.288. The van der Waals surface area contributed by atoms with Crippen LogP contribution in [0.25, 0.3) is 0 Å². The van der Waals surface area contributed by atoms with Gasteiger partial charge in [-0.3, -0.25) is 4.99 Å². The van der Waals surface area contributed by atoms with Crippen LogP contribution in [0.3, 0.4) is 0 Å². The van der Waals surface area contributed by atoms with Gasteiger partial charge in [-0.15, -0.1) is 0 Å². The highest BCUT2D eigenvalue weighted by Crippen LogP contribution is 2.41. The molecule has 0 bridgehead atoms. The lowest BCUT2D eigenvalue weighted by Gasteiger charge is -2.27. The SMILES string of the molecule is CCNC(=NCC1(CCOC)CCCC1)NCCOc1ncccc1Cl. The molecule has 1 heterocycles. The molecule has 0 unspecified atom stereocenters. The van der Waals surface area contributed by atoms with Crippen molar-refractivity contribution in [1.82, 2.24) is 15.6 Å². The molecule has 0 saturated heterocycles. The Morgan fingerprint density at radius 1 is 1.31 bits per heavy atom. The lowest BCUT2D eigenvalue weighted by Crippen LogP contribution is -2.40. The van der Waals surface area contributed by atoms with E-state index in [0.29, 0.717) is 24.1 Å². The highest BCUT2D eigenvalue weighted by atomic mass is 35.5. The van der Waals surface area contributed by atoms with E-state index in [1.165, 1.54) is 25.7 Å². The number of aromatic nitrogens is 1. The average Bonchev–Trinajstić information content (AvgIpc) is 3.12. The second-order valence-corrected chi connectivity index (χ2v) is 7.12. The first-order valence-electron chi connectivity index (χ1n) is 9.43. The highest BCUT2D eigenvalue weighted by molar-refractivity contribution is 6.31. The van der Waals surface area contributed by atoms with Crippen LogP contribution in [0.5, 0.6) is 5.88 Å². The van der Waals surface area contributed by atoms with Gasteiger partial charge in [0.2, 0.25) is 5.88 Å². The number of nitrogens with zero attached hydrogens (tertiary/aromatic N) is 2. The largest absolute Gasteiger partial charge is 0.475 e. The van der Waals surface area contributed by atoms with Gasteiger partial charge in [0.05, 0.1) is 6.54 Å². The summed E-state index contributed by atoms with van der Waals surface area (Å²) < 4.78 is 10.9. The van der Waals surface area contributed by atoms with Crippen molar-refractivity contribution in [3.05, 3.63) is 23.4 Å². The van der Waals surface area contributed by atoms with Gasteiger partial charge in [-0.25, -0.2) is 4.98 Å². The van der Waals surface area contributed by atoms with Gasteiger partial charge >= 0.3 is 0 Å². The number of nitrogens with one attached hydrogen (secondary N) is 2. The summed E-state index contributed by atoms with van der Waals surface area (Å²) in [5.74, 6) is 1.29. The van der Waals surface area contributed by atoms with Crippen molar-refractivity contribution in [2.24, 2.45) is 10.4 Å². The summed E-state index contributed by atoms with van der Waals surface area (Å²) in [5.41, 5.74) is 0.288. The Hall–Kier alpha value is -1.53. The summed E-state index contributed by atoms with van der Waals surface area (Å²) in [7, 11) is 1.77. The molecule has 0 amide bonds. The van der Waals surface area contributed by atoms with Crippen LogP contribution >= 0.6 is 11.6 Å². The molecule has 0 aliphatic heterocycles. The molecule has 7 heteroatoms. The minimum atomic E-state index is 0.288. The molecule has 1 aliphatic rings. The number of rotatable bonds is 10. The first-order valence-corrected chi connectivity index (χ1v) is 9.81. The fourth-order valence-corrected chi connectivity index (χ4v) is 3.49. The van der Waals surface area contributed by atoms with Gasteiger partial charge in [-0.2, -0.15) is 0 Å². The van der Waals surface area contributed by atoms with E-state index in [1.807, 2.05) is 0 Å². The normalized spacial score (nSPS) is 16.5.